The Morgan fingerprint density at radius 1 is 1.03 bits per heavy atom. The highest BCUT2D eigenvalue weighted by Crippen LogP contribution is 2.30. The fourth-order valence-electron chi connectivity index (χ4n) is 2.95. The molecule has 0 spiro atoms. The number of nitrogens with one attached hydrogen (secondary N) is 1. The van der Waals surface area contributed by atoms with Gasteiger partial charge in [0.2, 0.25) is 5.91 Å². The molecule has 1 atom stereocenters. The number of carbonyl (C=O) groups excluding carboxylic acids is 1. The minimum atomic E-state index is -3.98. The number of hydrogen-bond acceptors (Lipinski definition) is 5. The quantitative estimate of drug-likeness (QED) is 0.549. The van der Waals surface area contributed by atoms with Gasteiger partial charge < -0.3 is 14.8 Å². The molecule has 32 heavy (non-hydrogen) atoms. The third-order valence-electron chi connectivity index (χ3n) is 4.59. The second-order valence-electron chi connectivity index (χ2n) is 7.13. The molecule has 0 aliphatic heterocycles. The first-order chi connectivity index (χ1) is 15.1. The van der Waals surface area contributed by atoms with E-state index in [0.29, 0.717) is 24.7 Å². The number of rotatable bonds is 11. The molecule has 176 valence electrons. The summed E-state index contributed by atoms with van der Waals surface area (Å²) in [5, 5.41) is 2.81. The predicted octanol–water partition coefficient (Wildman–Crippen LogP) is 3.11. The van der Waals surface area contributed by atoms with E-state index in [0.717, 1.165) is 26.3 Å². The number of anilines is 1. The zero-order chi connectivity index (χ0) is 23.9. The Labute approximate surface area is 189 Å². The summed E-state index contributed by atoms with van der Waals surface area (Å²) >= 11 is 0. The molecule has 0 fully saturated rings. The summed E-state index contributed by atoms with van der Waals surface area (Å²) in [4.78, 5) is 12.8. The number of carbonyl (C=O) groups is 1. The van der Waals surface area contributed by atoms with E-state index in [1.54, 1.807) is 19.1 Å². The maximum Gasteiger partial charge on any atom is 0.304 e. The molecule has 2 aromatic carbocycles. The maximum absolute atomic E-state index is 13.3. The van der Waals surface area contributed by atoms with Gasteiger partial charge in [0, 0.05) is 14.1 Å². The highest BCUT2D eigenvalue weighted by Gasteiger charge is 2.28. The fraction of sp³-hybridized carbons (Fsp3) is 0.409. The molecule has 2 aromatic rings. The normalized spacial score (nSPS) is 12.3. The molecule has 0 unspecified atom stereocenters. The fourth-order valence-corrected chi connectivity index (χ4v) is 4.01. The molecular weight excluding hydrogens is 437 g/mol. The molecule has 0 aliphatic carbocycles. The van der Waals surface area contributed by atoms with Crippen LogP contribution in [0.15, 0.2) is 42.5 Å². The highest BCUT2D eigenvalue weighted by molar-refractivity contribution is 7.90. The monoisotopic (exact) mass is 467 g/mol. The van der Waals surface area contributed by atoms with Gasteiger partial charge in [-0.25, -0.2) is 8.70 Å². The van der Waals surface area contributed by atoms with Gasteiger partial charge in [-0.2, -0.15) is 12.7 Å². The maximum atomic E-state index is 13.3. The third kappa shape index (κ3) is 6.33. The lowest BCUT2D eigenvalue weighted by Crippen LogP contribution is -2.46. The summed E-state index contributed by atoms with van der Waals surface area (Å²) in [5.74, 6) is 0.154. The standard InChI is InChI=1S/C22H30FN3O5S/c1-6-30-20-13-8-17(14-21(20)31-7-2)16(3)24-22(27)15-26(32(28,29)25(4)5)19-11-9-18(23)10-12-19/h8-14,16H,6-7,15H2,1-5H3,(H,24,27)/t16-/m1/s1. The smallest absolute Gasteiger partial charge is 0.304 e. The summed E-state index contributed by atoms with van der Waals surface area (Å²) in [6.07, 6.45) is 0. The molecule has 0 saturated carbocycles. The van der Waals surface area contributed by atoms with Gasteiger partial charge in [0.15, 0.2) is 11.5 Å². The van der Waals surface area contributed by atoms with E-state index < -0.39 is 34.5 Å². The Balaban J connectivity index is 2.22. The lowest BCUT2D eigenvalue weighted by atomic mass is 10.1. The van der Waals surface area contributed by atoms with Gasteiger partial charge in [-0.05, 0) is 62.7 Å². The van der Waals surface area contributed by atoms with Crippen molar-refractivity contribution in [1.82, 2.24) is 9.62 Å². The molecule has 1 amide bonds. The molecule has 0 aromatic heterocycles. The van der Waals surface area contributed by atoms with Crippen molar-refractivity contribution in [3.8, 4) is 11.5 Å². The van der Waals surface area contributed by atoms with Crippen LogP contribution in [0.5, 0.6) is 11.5 Å². The second-order valence-corrected chi connectivity index (χ2v) is 9.20. The van der Waals surface area contributed by atoms with Crippen molar-refractivity contribution < 1.29 is 27.1 Å². The van der Waals surface area contributed by atoms with E-state index in [4.69, 9.17) is 9.47 Å². The molecule has 2 rings (SSSR count). The number of ether oxygens (including phenoxy) is 2. The van der Waals surface area contributed by atoms with Crippen LogP contribution in [0, 0.1) is 5.82 Å². The predicted molar refractivity (Wildman–Crippen MR) is 122 cm³/mol. The summed E-state index contributed by atoms with van der Waals surface area (Å²) in [5.41, 5.74) is 0.955. The number of amides is 1. The summed E-state index contributed by atoms with van der Waals surface area (Å²) in [6, 6.07) is 9.86. The lowest BCUT2D eigenvalue weighted by molar-refractivity contribution is -0.120. The van der Waals surface area contributed by atoms with Crippen LogP contribution in [0.25, 0.3) is 0 Å². The number of nitrogens with zero attached hydrogens (tertiary/aromatic N) is 2. The first-order valence-electron chi connectivity index (χ1n) is 10.2. The van der Waals surface area contributed by atoms with Crippen molar-refractivity contribution >= 4 is 21.8 Å². The molecule has 0 heterocycles. The average Bonchev–Trinajstić information content (AvgIpc) is 2.74. The molecule has 0 radical (unpaired) electrons. The molecule has 10 heteroatoms. The van der Waals surface area contributed by atoms with Gasteiger partial charge in [-0.1, -0.05) is 6.07 Å². The molecule has 1 N–H and O–H groups in total. The molecule has 0 aliphatic rings. The third-order valence-corrected chi connectivity index (χ3v) is 6.41. The first-order valence-corrected chi connectivity index (χ1v) is 11.6. The Hall–Kier alpha value is -2.85. The topological polar surface area (TPSA) is 88.2 Å². The van der Waals surface area contributed by atoms with E-state index >= 15 is 0 Å². The van der Waals surface area contributed by atoms with E-state index in [1.165, 1.54) is 26.2 Å². The van der Waals surface area contributed by atoms with Gasteiger partial charge in [-0.15, -0.1) is 0 Å². The lowest BCUT2D eigenvalue weighted by Gasteiger charge is -2.27. The van der Waals surface area contributed by atoms with Crippen LogP contribution in [-0.2, 0) is 15.0 Å². The zero-order valence-electron chi connectivity index (χ0n) is 19.0. The van der Waals surface area contributed by atoms with Gasteiger partial charge in [0.25, 0.3) is 0 Å². The molecule has 0 saturated heterocycles. The number of hydrogen-bond donors (Lipinski definition) is 1. The van der Waals surface area contributed by atoms with Gasteiger partial charge >= 0.3 is 10.2 Å². The summed E-state index contributed by atoms with van der Waals surface area (Å²) in [7, 11) is -1.25. The Morgan fingerprint density at radius 2 is 1.62 bits per heavy atom. The van der Waals surface area contributed by atoms with Crippen molar-refractivity contribution in [2.75, 3.05) is 38.2 Å². The highest BCUT2D eigenvalue weighted by atomic mass is 32.2. The first kappa shape index (κ1) is 25.4. The van der Waals surface area contributed by atoms with E-state index in [2.05, 4.69) is 5.32 Å². The SMILES string of the molecule is CCOc1ccc([C@@H](C)NC(=O)CN(c2ccc(F)cc2)S(=O)(=O)N(C)C)cc1OCC. The van der Waals surface area contributed by atoms with Crippen LogP contribution in [0.2, 0.25) is 0 Å². The van der Waals surface area contributed by atoms with Crippen molar-refractivity contribution in [2.24, 2.45) is 0 Å². The van der Waals surface area contributed by atoms with Crippen molar-refractivity contribution in [3.05, 3.63) is 53.8 Å². The van der Waals surface area contributed by atoms with Crippen LogP contribution in [0.3, 0.4) is 0 Å². The van der Waals surface area contributed by atoms with Crippen molar-refractivity contribution in [3.63, 3.8) is 0 Å². The van der Waals surface area contributed by atoms with Gasteiger partial charge in [0.1, 0.15) is 12.4 Å². The minimum absolute atomic E-state index is 0.183. The molecule has 0 bridgehead atoms. The summed E-state index contributed by atoms with van der Waals surface area (Å²) < 4.78 is 52.0. The molecule has 8 nitrogen and oxygen atoms in total. The van der Waals surface area contributed by atoms with E-state index in [-0.39, 0.29) is 5.69 Å². The Kier molecular flexibility index (Phi) is 8.85. The van der Waals surface area contributed by atoms with Crippen LogP contribution in [-0.4, -0.2) is 52.5 Å². The molecular formula is C22H30FN3O5S. The largest absolute Gasteiger partial charge is 0.490 e. The minimum Gasteiger partial charge on any atom is -0.490 e. The van der Waals surface area contributed by atoms with Crippen molar-refractivity contribution in [1.29, 1.82) is 0 Å². The van der Waals surface area contributed by atoms with Crippen molar-refractivity contribution in [2.45, 2.75) is 26.8 Å². The van der Waals surface area contributed by atoms with E-state index in [1.807, 2.05) is 19.9 Å². The zero-order valence-corrected chi connectivity index (χ0v) is 19.8. The number of halogens is 1. The van der Waals surface area contributed by atoms with Crippen LogP contribution in [0.1, 0.15) is 32.4 Å². The van der Waals surface area contributed by atoms with E-state index in [9.17, 15) is 17.6 Å². The van der Waals surface area contributed by atoms with Crippen LogP contribution in [0.4, 0.5) is 10.1 Å². The van der Waals surface area contributed by atoms with Crippen LogP contribution < -0.4 is 19.1 Å². The van der Waals surface area contributed by atoms with Gasteiger partial charge in [0.05, 0.1) is 24.9 Å². The summed E-state index contributed by atoms with van der Waals surface area (Å²) in [6.45, 7) is 6.01. The van der Waals surface area contributed by atoms with Crippen LogP contribution >= 0.6 is 0 Å². The average molecular weight is 468 g/mol. The number of benzene rings is 2. The second kappa shape index (κ2) is 11.1. The Bertz CT molecular complexity index is 1010. The van der Waals surface area contributed by atoms with Gasteiger partial charge in [-0.3, -0.25) is 4.79 Å². The Morgan fingerprint density at radius 3 is 2.19 bits per heavy atom.